The number of carbonyl (C=O) groups excluding carboxylic acids is 2. The normalized spacial score (nSPS) is 12.7. The van der Waals surface area contributed by atoms with E-state index in [-0.39, 0.29) is 30.2 Å². The fourth-order valence-corrected chi connectivity index (χ4v) is 3.51. The number of hydrogen-bond donors (Lipinski definition) is 2. The first-order chi connectivity index (χ1) is 17.6. The second-order valence-electron chi connectivity index (χ2n) is 8.35. The van der Waals surface area contributed by atoms with Gasteiger partial charge in [-0.05, 0) is 57.0 Å². The molecule has 1 aliphatic carbocycles. The van der Waals surface area contributed by atoms with Crippen molar-refractivity contribution < 1.29 is 23.8 Å². The predicted molar refractivity (Wildman–Crippen MR) is 133 cm³/mol. The van der Waals surface area contributed by atoms with Crippen LogP contribution in [0.5, 0.6) is 11.5 Å². The molecule has 36 heavy (non-hydrogen) atoms. The number of amides is 2. The second-order valence-corrected chi connectivity index (χ2v) is 8.35. The first-order valence-corrected chi connectivity index (χ1v) is 12.1. The number of carbonyl (C=O) groups is 2. The average Bonchev–Trinajstić information content (AvgIpc) is 3.62. The molecule has 1 aliphatic rings. The van der Waals surface area contributed by atoms with E-state index in [0.29, 0.717) is 49.1 Å². The topological polar surface area (TPSA) is 117 Å². The van der Waals surface area contributed by atoms with E-state index >= 15 is 0 Å². The van der Waals surface area contributed by atoms with Gasteiger partial charge in [-0.15, -0.1) is 5.10 Å². The number of benzene rings is 2. The van der Waals surface area contributed by atoms with Gasteiger partial charge in [-0.3, -0.25) is 9.59 Å². The fraction of sp³-hybridized carbons (Fsp3) is 0.385. The number of hydrogen-bond acceptors (Lipinski definition) is 7. The van der Waals surface area contributed by atoms with Gasteiger partial charge in [-0.2, -0.15) is 0 Å². The maximum Gasteiger partial charge on any atom is 0.273 e. The van der Waals surface area contributed by atoms with Gasteiger partial charge in [0.05, 0.1) is 18.9 Å². The molecule has 2 amide bonds. The lowest BCUT2D eigenvalue weighted by Gasteiger charge is -2.14. The Morgan fingerprint density at radius 2 is 1.75 bits per heavy atom. The van der Waals surface area contributed by atoms with Crippen molar-refractivity contribution in [2.75, 3.05) is 33.0 Å². The molecule has 0 unspecified atom stereocenters. The van der Waals surface area contributed by atoms with Crippen LogP contribution in [-0.2, 0) is 4.74 Å². The summed E-state index contributed by atoms with van der Waals surface area (Å²) in [5, 5.41) is 14.0. The minimum absolute atomic E-state index is 0.206. The maximum absolute atomic E-state index is 12.5. The van der Waals surface area contributed by atoms with Crippen molar-refractivity contribution in [3.8, 4) is 17.2 Å². The summed E-state index contributed by atoms with van der Waals surface area (Å²) in [5.74, 6) is 0.777. The molecule has 4 rings (SSSR count). The molecule has 0 aliphatic heterocycles. The molecule has 0 bridgehead atoms. The van der Waals surface area contributed by atoms with E-state index < -0.39 is 0 Å². The van der Waals surface area contributed by atoms with Crippen molar-refractivity contribution in [3.63, 3.8) is 0 Å². The minimum Gasteiger partial charge on any atom is -0.491 e. The van der Waals surface area contributed by atoms with E-state index in [0.717, 1.165) is 18.6 Å². The molecule has 1 heterocycles. The lowest BCUT2D eigenvalue weighted by Crippen LogP contribution is -2.26. The first-order valence-electron chi connectivity index (χ1n) is 12.1. The van der Waals surface area contributed by atoms with Gasteiger partial charge >= 0.3 is 0 Å². The van der Waals surface area contributed by atoms with Crippen LogP contribution in [-0.4, -0.2) is 65.8 Å². The molecule has 1 fully saturated rings. The molecule has 1 saturated carbocycles. The van der Waals surface area contributed by atoms with E-state index in [1.807, 2.05) is 37.3 Å². The zero-order valence-electron chi connectivity index (χ0n) is 20.5. The Bertz CT molecular complexity index is 1180. The Labute approximate surface area is 209 Å². The van der Waals surface area contributed by atoms with Crippen LogP contribution in [0.4, 0.5) is 0 Å². The number of aromatic nitrogens is 3. The van der Waals surface area contributed by atoms with Crippen LogP contribution in [0, 0.1) is 6.92 Å². The van der Waals surface area contributed by atoms with E-state index in [4.69, 9.17) is 14.2 Å². The molecule has 1 aromatic heterocycles. The van der Waals surface area contributed by atoms with Gasteiger partial charge < -0.3 is 24.8 Å². The summed E-state index contributed by atoms with van der Waals surface area (Å²) in [4.78, 5) is 24.9. The largest absolute Gasteiger partial charge is 0.491 e. The van der Waals surface area contributed by atoms with Crippen molar-refractivity contribution in [2.24, 2.45) is 0 Å². The molecular weight excluding hydrogens is 462 g/mol. The third kappa shape index (κ3) is 6.60. The van der Waals surface area contributed by atoms with Crippen LogP contribution in [0.25, 0.3) is 5.69 Å². The number of nitrogens with one attached hydrogen (secondary N) is 2. The minimum atomic E-state index is -0.242. The van der Waals surface area contributed by atoms with Gasteiger partial charge in [0, 0.05) is 18.2 Å². The molecule has 10 heteroatoms. The third-order valence-corrected chi connectivity index (χ3v) is 5.53. The summed E-state index contributed by atoms with van der Waals surface area (Å²) in [6.07, 6.45) is 1.97. The van der Waals surface area contributed by atoms with E-state index in [2.05, 4.69) is 20.9 Å². The molecule has 0 atom stereocenters. The zero-order valence-corrected chi connectivity index (χ0v) is 20.5. The number of nitrogens with zero attached hydrogens (tertiary/aromatic N) is 3. The maximum atomic E-state index is 12.5. The Kier molecular flexibility index (Phi) is 8.51. The van der Waals surface area contributed by atoms with Crippen molar-refractivity contribution >= 4 is 11.8 Å². The standard InChI is InChI=1S/C26H31N5O5/c1-3-27-25(32)19-9-12-22(31-18(2)24(29-30-31)26(33)28-20-10-11-20)23(17-19)36-16-14-34-13-15-35-21-7-5-4-6-8-21/h4-9,12,17,20H,3,10-11,13-16H2,1-2H3,(H,27,32)(H,28,33). The molecule has 0 spiro atoms. The lowest BCUT2D eigenvalue weighted by molar-refractivity contribution is 0.0763. The van der Waals surface area contributed by atoms with Crippen molar-refractivity contribution in [1.82, 2.24) is 25.6 Å². The van der Waals surface area contributed by atoms with Crippen LogP contribution >= 0.6 is 0 Å². The summed E-state index contributed by atoms with van der Waals surface area (Å²) in [6.45, 7) is 5.55. The lowest BCUT2D eigenvalue weighted by atomic mass is 10.1. The molecule has 190 valence electrons. The van der Waals surface area contributed by atoms with Crippen LogP contribution in [0.3, 0.4) is 0 Å². The van der Waals surface area contributed by atoms with Gasteiger partial charge in [0.2, 0.25) is 0 Å². The highest BCUT2D eigenvalue weighted by Crippen LogP contribution is 2.26. The molecule has 2 aromatic carbocycles. The Balaban J connectivity index is 1.40. The van der Waals surface area contributed by atoms with Gasteiger partial charge in [0.1, 0.15) is 30.4 Å². The highest BCUT2D eigenvalue weighted by molar-refractivity contribution is 5.95. The number of para-hydroxylation sites is 1. The number of ether oxygens (including phenoxy) is 3. The van der Waals surface area contributed by atoms with Crippen molar-refractivity contribution in [3.05, 3.63) is 65.5 Å². The summed E-state index contributed by atoms with van der Waals surface area (Å²) in [7, 11) is 0. The van der Waals surface area contributed by atoms with E-state index in [1.165, 1.54) is 0 Å². The predicted octanol–water partition coefficient (Wildman–Crippen LogP) is 2.69. The molecule has 3 aromatic rings. The van der Waals surface area contributed by atoms with Crippen molar-refractivity contribution in [1.29, 1.82) is 0 Å². The SMILES string of the molecule is CCNC(=O)c1ccc(-n2nnc(C(=O)NC3CC3)c2C)c(OCCOCCOc2ccccc2)c1. The fourth-order valence-electron chi connectivity index (χ4n) is 3.51. The second kappa shape index (κ2) is 12.2. The van der Waals surface area contributed by atoms with Gasteiger partial charge in [-0.1, -0.05) is 23.4 Å². The summed E-state index contributed by atoms with van der Waals surface area (Å²) < 4.78 is 18.8. The van der Waals surface area contributed by atoms with Crippen LogP contribution in [0.15, 0.2) is 48.5 Å². The average molecular weight is 494 g/mol. The monoisotopic (exact) mass is 493 g/mol. The van der Waals surface area contributed by atoms with Gasteiger partial charge in [0.25, 0.3) is 11.8 Å². The van der Waals surface area contributed by atoms with Gasteiger partial charge in [-0.25, -0.2) is 4.68 Å². The van der Waals surface area contributed by atoms with Crippen molar-refractivity contribution in [2.45, 2.75) is 32.7 Å². The highest BCUT2D eigenvalue weighted by atomic mass is 16.5. The highest BCUT2D eigenvalue weighted by Gasteiger charge is 2.27. The molecular formula is C26H31N5O5. The van der Waals surface area contributed by atoms with E-state index in [9.17, 15) is 9.59 Å². The van der Waals surface area contributed by atoms with Crippen LogP contribution in [0.2, 0.25) is 0 Å². The summed E-state index contributed by atoms with van der Waals surface area (Å²) >= 11 is 0. The summed E-state index contributed by atoms with van der Waals surface area (Å²) in [5.41, 5.74) is 1.88. The summed E-state index contributed by atoms with van der Waals surface area (Å²) in [6, 6.07) is 14.8. The smallest absolute Gasteiger partial charge is 0.273 e. The van der Waals surface area contributed by atoms with E-state index in [1.54, 1.807) is 29.8 Å². The molecule has 2 N–H and O–H groups in total. The molecule has 0 saturated heterocycles. The van der Waals surface area contributed by atoms with Crippen LogP contribution in [0.1, 0.15) is 46.3 Å². The Hall–Kier alpha value is -3.92. The third-order valence-electron chi connectivity index (χ3n) is 5.53. The van der Waals surface area contributed by atoms with Gasteiger partial charge in [0.15, 0.2) is 5.69 Å². The Morgan fingerprint density at radius 3 is 2.47 bits per heavy atom. The zero-order chi connectivity index (χ0) is 25.3. The quantitative estimate of drug-likeness (QED) is 0.352. The molecule has 10 nitrogen and oxygen atoms in total. The first kappa shape index (κ1) is 25.2. The number of rotatable bonds is 13. The molecule has 0 radical (unpaired) electrons. The Morgan fingerprint density at radius 1 is 1.00 bits per heavy atom. The van der Waals surface area contributed by atoms with Crippen LogP contribution < -0.4 is 20.1 Å².